The second-order valence-electron chi connectivity index (χ2n) is 10.4. The van der Waals surface area contributed by atoms with Crippen molar-refractivity contribution in [3.05, 3.63) is 113 Å². The van der Waals surface area contributed by atoms with E-state index in [0.717, 1.165) is 62.4 Å². The van der Waals surface area contributed by atoms with Crippen molar-refractivity contribution < 1.29 is 8.78 Å². The van der Waals surface area contributed by atoms with Crippen LogP contribution in [0, 0.1) is 17.0 Å². The van der Waals surface area contributed by atoms with Gasteiger partial charge in [-0.2, -0.15) is 5.10 Å². The minimum atomic E-state index is -0.251. The van der Waals surface area contributed by atoms with E-state index in [4.69, 9.17) is 0 Å². The quantitative estimate of drug-likeness (QED) is 0.484. The summed E-state index contributed by atoms with van der Waals surface area (Å²) in [4.78, 5) is 4.75. The van der Waals surface area contributed by atoms with Gasteiger partial charge < -0.3 is 4.90 Å². The monoisotopic (exact) mass is 484 g/mol. The third-order valence-corrected chi connectivity index (χ3v) is 7.75. The van der Waals surface area contributed by atoms with E-state index in [1.807, 2.05) is 23.0 Å². The van der Waals surface area contributed by atoms with Crippen LogP contribution in [0.15, 0.2) is 84.2 Å². The minimum Gasteiger partial charge on any atom is -0.377 e. The summed E-state index contributed by atoms with van der Waals surface area (Å²) in [5, 5.41) is 4.69. The van der Waals surface area contributed by atoms with Gasteiger partial charge in [-0.05, 0) is 90.7 Å². The summed E-state index contributed by atoms with van der Waals surface area (Å²) in [6.07, 6.45) is 13.7. The zero-order valence-corrected chi connectivity index (χ0v) is 20.5. The topological polar surface area (TPSA) is 24.3 Å². The number of piperidine rings is 1. The SMILES string of the molecule is CN1C=CC(CN2CCC3=Cc4c(cnn4-c4ccc(F)cc4)CC3(Cc3ccc(F)cc3)C2)=CC1. The summed E-state index contributed by atoms with van der Waals surface area (Å²) in [5.74, 6) is -0.455. The predicted octanol–water partition coefficient (Wildman–Crippen LogP) is 5.41. The van der Waals surface area contributed by atoms with Crippen LogP contribution in [0.5, 0.6) is 0 Å². The Morgan fingerprint density at radius 3 is 2.47 bits per heavy atom. The highest BCUT2D eigenvalue weighted by Crippen LogP contribution is 2.46. The number of likely N-dealkylation sites (N-methyl/N-ethyl adjacent to an activating group) is 1. The Hall–Kier alpha value is -3.51. The van der Waals surface area contributed by atoms with Crippen molar-refractivity contribution in [3.63, 3.8) is 0 Å². The van der Waals surface area contributed by atoms with Crippen LogP contribution in [0.2, 0.25) is 0 Å². The predicted molar refractivity (Wildman–Crippen MR) is 139 cm³/mol. The maximum Gasteiger partial charge on any atom is 0.123 e. The van der Waals surface area contributed by atoms with E-state index in [0.29, 0.717) is 0 Å². The number of halogens is 2. The summed E-state index contributed by atoms with van der Waals surface area (Å²) >= 11 is 0. The van der Waals surface area contributed by atoms with Gasteiger partial charge in [-0.3, -0.25) is 4.90 Å². The maximum absolute atomic E-state index is 13.7. The van der Waals surface area contributed by atoms with E-state index in [1.165, 1.54) is 28.8 Å². The molecule has 4 nitrogen and oxygen atoms in total. The number of nitrogens with zero attached hydrogens (tertiary/aromatic N) is 4. The molecule has 0 bridgehead atoms. The summed E-state index contributed by atoms with van der Waals surface area (Å²) in [6.45, 7) is 3.82. The van der Waals surface area contributed by atoms with Crippen molar-refractivity contribution >= 4 is 6.08 Å². The first-order chi connectivity index (χ1) is 17.5. The molecule has 1 atom stereocenters. The molecule has 6 rings (SSSR count). The standard InChI is InChI=1S/C30H30F2N4/c1-34-13-10-23(11-14-34)20-35-15-12-25-16-29-24(19-33-36(29)28-8-6-27(32)7-9-28)18-30(25,21-35)17-22-2-4-26(31)5-3-22/h2-11,13,16,19H,12,14-15,17-18,20-21H2,1H3. The third-order valence-electron chi connectivity index (χ3n) is 7.75. The first-order valence-electron chi connectivity index (χ1n) is 12.6. The van der Waals surface area contributed by atoms with Gasteiger partial charge in [0, 0.05) is 38.6 Å². The minimum absolute atomic E-state index is 0.0739. The van der Waals surface area contributed by atoms with Crippen molar-refractivity contribution in [2.45, 2.75) is 19.3 Å². The van der Waals surface area contributed by atoms with Crippen molar-refractivity contribution in [2.24, 2.45) is 5.41 Å². The van der Waals surface area contributed by atoms with Gasteiger partial charge >= 0.3 is 0 Å². The lowest BCUT2D eigenvalue weighted by Crippen LogP contribution is -2.48. The van der Waals surface area contributed by atoms with Crippen LogP contribution < -0.4 is 0 Å². The fraction of sp³-hybridized carbons (Fsp3) is 0.300. The molecule has 0 N–H and O–H groups in total. The molecule has 1 unspecified atom stereocenters. The van der Waals surface area contributed by atoms with Crippen LogP contribution in [0.3, 0.4) is 0 Å². The lowest BCUT2D eigenvalue weighted by atomic mass is 9.65. The molecular formula is C30H30F2N4. The lowest BCUT2D eigenvalue weighted by Gasteiger charge is -2.47. The van der Waals surface area contributed by atoms with Crippen molar-refractivity contribution in [3.8, 4) is 5.69 Å². The fourth-order valence-corrected chi connectivity index (χ4v) is 5.89. The van der Waals surface area contributed by atoms with Gasteiger partial charge in [-0.1, -0.05) is 23.8 Å². The Balaban J connectivity index is 1.34. The molecule has 3 aliphatic rings. The summed E-state index contributed by atoms with van der Waals surface area (Å²) in [7, 11) is 2.09. The van der Waals surface area contributed by atoms with Crippen LogP contribution in [0.1, 0.15) is 23.2 Å². The Bertz CT molecular complexity index is 1350. The molecule has 1 aliphatic carbocycles. The molecule has 184 valence electrons. The maximum atomic E-state index is 13.7. The van der Waals surface area contributed by atoms with Crippen molar-refractivity contribution in [1.29, 1.82) is 0 Å². The molecule has 0 radical (unpaired) electrons. The molecule has 2 aliphatic heterocycles. The fourth-order valence-electron chi connectivity index (χ4n) is 5.89. The van der Waals surface area contributed by atoms with Crippen molar-refractivity contribution in [2.75, 3.05) is 33.2 Å². The van der Waals surface area contributed by atoms with Crippen molar-refractivity contribution in [1.82, 2.24) is 19.6 Å². The zero-order valence-electron chi connectivity index (χ0n) is 20.5. The second-order valence-corrected chi connectivity index (χ2v) is 10.4. The number of aromatic nitrogens is 2. The van der Waals surface area contributed by atoms with Crippen LogP contribution in [-0.4, -0.2) is 52.8 Å². The Morgan fingerprint density at radius 2 is 1.75 bits per heavy atom. The van der Waals surface area contributed by atoms with E-state index >= 15 is 0 Å². The van der Waals surface area contributed by atoms with Gasteiger partial charge in [-0.25, -0.2) is 13.5 Å². The van der Waals surface area contributed by atoms with E-state index in [-0.39, 0.29) is 17.0 Å². The highest BCUT2D eigenvalue weighted by atomic mass is 19.1. The number of benzene rings is 2. The lowest BCUT2D eigenvalue weighted by molar-refractivity contribution is 0.148. The van der Waals surface area contributed by atoms with E-state index < -0.39 is 0 Å². The van der Waals surface area contributed by atoms with Crippen LogP contribution >= 0.6 is 0 Å². The number of hydrogen-bond donors (Lipinski definition) is 0. The molecule has 2 aromatic carbocycles. The average molecular weight is 485 g/mol. The first-order valence-corrected chi connectivity index (χ1v) is 12.6. The number of fused-ring (bicyclic) bond motifs is 2. The van der Waals surface area contributed by atoms with E-state index in [9.17, 15) is 8.78 Å². The molecule has 1 saturated heterocycles. The molecule has 3 aromatic rings. The van der Waals surface area contributed by atoms with Gasteiger partial charge in [0.25, 0.3) is 0 Å². The highest BCUT2D eigenvalue weighted by molar-refractivity contribution is 5.62. The smallest absolute Gasteiger partial charge is 0.123 e. The zero-order chi connectivity index (χ0) is 24.7. The molecule has 0 spiro atoms. The molecule has 0 saturated carbocycles. The molecule has 1 fully saturated rings. The van der Waals surface area contributed by atoms with Crippen LogP contribution in [0.25, 0.3) is 11.8 Å². The molecule has 3 heterocycles. The number of hydrogen-bond acceptors (Lipinski definition) is 3. The molecular weight excluding hydrogens is 454 g/mol. The molecule has 1 aromatic heterocycles. The van der Waals surface area contributed by atoms with Gasteiger partial charge in [0.2, 0.25) is 0 Å². The normalized spacial score (nSPS) is 21.6. The second kappa shape index (κ2) is 9.17. The molecule has 36 heavy (non-hydrogen) atoms. The Morgan fingerprint density at radius 1 is 1.00 bits per heavy atom. The van der Waals surface area contributed by atoms with Gasteiger partial charge in [-0.15, -0.1) is 0 Å². The number of likely N-dealkylation sites (tertiary alicyclic amines) is 1. The summed E-state index contributed by atoms with van der Waals surface area (Å²) in [5.41, 5.74) is 7.00. The van der Waals surface area contributed by atoms with Gasteiger partial charge in [0.1, 0.15) is 11.6 Å². The molecule has 6 heteroatoms. The summed E-state index contributed by atoms with van der Waals surface area (Å²) < 4.78 is 29.1. The number of rotatable bonds is 5. The van der Waals surface area contributed by atoms with Crippen LogP contribution in [0.4, 0.5) is 8.78 Å². The largest absolute Gasteiger partial charge is 0.377 e. The van der Waals surface area contributed by atoms with Gasteiger partial charge in [0.15, 0.2) is 0 Å². The summed E-state index contributed by atoms with van der Waals surface area (Å²) in [6, 6.07) is 13.4. The Labute approximate surface area is 210 Å². The van der Waals surface area contributed by atoms with Gasteiger partial charge in [0.05, 0.1) is 17.6 Å². The first kappa shape index (κ1) is 22.9. The Kier molecular flexibility index (Phi) is 5.84. The van der Waals surface area contributed by atoms with Crippen LogP contribution in [-0.2, 0) is 12.8 Å². The average Bonchev–Trinajstić information content (AvgIpc) is 3.28. The van der Waals surface area contributed by atoms with E-state index in [1.54, 1.807) is 24.3 Å². The molecule has 0 amide bonds. The van der Waals surface area contributed by atoms with E-state index in [2.05, 4.69) is 46.4 Å². The third kappa shape index (κ3) is 4.42. The highest BCUT2D eigenvalue weighted by Gasteiger charge is 2.43.